The average Bonchev–Trinajstić information content (AvgIpc) is 3.28. The second kappa shape index (κ2) is 7.63. The molecule has 0 saturated carbocycles. The summed E-state index contributed by atoms with van der Waals surface area (Å²) in [6.07, 6.45) is 1.32. The summed E-state index contributed by atoms with van der Waals surface area (Å²) in [7, 11) is 0. The molecule has 3 rings (SSSR count). The fourth-order valence-corrected chi connectivity index (χ4v) is 2.66. The van der Waals surface area contributed by atoms with Crippen LogP contribution in [-0.4, -0.2) is 15.5 Å². The quantitative estimate of drug-likeness (QED) is 0.313. The highest BCUT2D eigenvalue weighted by Gasteiger charge is 2.14. The molecule has 0 fully saturated rings. The Morgan fingerprint density at radius 3 is 2.57 bits per heavy atom. The molecule has 1 aromatic carbocycles. The number of nitro benzene ring substituents is 1. The van der Waals surface area contributed by atoms with Gasteiger partial charge in [-0.05, 0) is 38.1 Å². The van der Waals surface area contributed by atoms with Crippen molar-refractivity contribution in [2.24, 2.45) is 0 Å². The molecule has 0 aliphatic heterocycles. The number of carbonyl (C=O) groups excluding carboxylic acids is 1. The van der Waals surface area contributed by atoms with Crippen LogP contribution in [0.4, 0.5) is 5.69 Å². The number of amides is 1. The minimum atomic E-state index is -0.571. The summed E-state index contributed by atoms with van der Waals surface area (Å²) in [5, 5.41) is 20.3. The van der Waals surface area contributed by atoms with Gasteiger partial charge in [-0.25, -0.2) is 0 Å². The number of nitrogens with one attached hydrogen (secondary N) is 1. The lowest BCUT2D eigenvalue weighted by atomic mass is 10.1. The van der Waals surface area contributed by atoms with E-state index in [1.165, 1.54) is 18.2 Å². The van der Waals surface area contributed by atoms with Crippen LogP contribution in [0, 0.1) is 35.3 Å². The zero-order valence-corrected chi connectivity index (χ0v) is 15.2. The van der Waals surface area contributed by atoms with Gasteiger partial charge in [0.1, 0.15) is 23.2 Å². The van der Waals surface area contributed by atoms with E-state index in [2.05, 4.69) is 5.43 Å². The van der Waals surface area contributed by atoms with Crippen LogP contribution in [0.5, 0.6) is 0 Å². The van der Waals surface area contributed by atoms with Gasteiger partial charge in [0.05, 0.1) is 4.92 Å². The Morgan fingerprint density at radius 1 is 1.21 bits per heavy atom. The van der Waals surface area contributed by atoms with Crippen molar-refractivity contribution in [3.05, 3.63) is 81.4 Å². The molecule has 0 spiro atoms. The number of non-ortho nitro benzene ring substituents is 1. The van der Waals surface area contributed by atoms with E-state index >= 15 is 0 Å². The summed E-state index contributed by atoms with van der Waals surface area (Å²) >= 11 is 0. The monoisotopic (exact) mass is 376 g/mol. The van der Waals surface area contributed by atoms with Crippen molar-refractivity contribution in [2.75, 3.05) is 5.43 Å². The number of benzene rings is 1. The van der Waals surface area contributed by atoms with Crippen molar-refractivity contribution < 1.29 is 14.1 Å². The maximum Gasteiger partial charge on any atom is 0.280 e. The SMILES string of the molecule is Cc1ccc(C)n1NC(=O)/C(C#N)=C\c1ccc(-c2cccc([N+](=O)[O-])c2)o1. The minimum absolute atomic E-state index is 0.0550. The Bertz CT molecular complexity index is 1110. The second-order valence-corrected chi connectivity index (χ2v) is 6.07. The van der Waals surface area contributed by atoms with Crippen LogP contribution in [0.1, 0.15) is 17.1 Å². The molecule has 3 aromatic rings. The fourth-order valence-electron chi connectivity index (χ4n) is 2.66. The summed E-state index contributed by atoms with van der Waals surface area (Å²) in [5.74, 6) is 0.108. The number of aryl methyl sites for hydroxylation is 2. The molecule has 0 unspecified atom stereocenters. The highest BCUT2D eigenvalue weighted by molar-refractivity contribution is 6.06. The number of furan rings is 1. The number of aromatic nitrogens is 1. The number of nitrogens with zero attached hydrogens (tertiary/aromatic N) is 3. The van der Waals surface area contributed by atoms with E-state index < -0.39 is 10.8 Å². The van der Waals surface area contributed by atoms with Crippen molar-refractivity contribution >= 4 is 17.7 Å². The summed E-state index contributed by atoms with van der Waals surface area (Å²) in [6, 6.07) is 14.8. The minimum Gasteiger partial charge on any atom is -0.457 e. The topological polar surface area (TPSA) is 114 Å². The second-order valence-electron chi connectivity index (χ2n) is 6.07. The summed E-state index contributed by atoms with van der Waals surface area (Å²) < 4.78 is 7.22. The van der Waals surface area contributed by atoms with E-state index in [1.54, 1.807) is 28.9 Å². The maximum absolute atomic E-state index is 12.4. The van der Waals surface area contributed by atoms with Gasteiger partial charge in [-0.2, -0.15) is 5.26 Å². The molecular weight excluding hydrogens is 360 g/mol. The third-order valence-corrected chi connectivity index (χ3v) is 4.10. The van der Waals surface area contributed by atoms with Gasteiger partial charge in [0.15, 0.2) is 0 Å². The Kier molecular flexibility index (Phi) is 5.09. The van der Waals surface area contributed by atoms with Crippen molar-refractivity contribution in [3.63, 3.8) is 0 Å². The summed E-state index contributed by atoms with van der Waals surface area (Å²) in [5.41, 5.74) is 4.65. The molecule has 0 atom stereocenters. The fraction of sp³-hybridized carbons (Fsp3) is 0.100. The van der Waals surface area contributed by atoms with E-state index in [-0.39, 0.29) is 17.0 Å². The largest absolute Gasteiger partial charge is 0.457 e. The van der Waals surface area contributed by atoms with Gasteiger partial charge in [0.25, 0.3) is 11.6 Å². The molecule has 0 saturated heterocycles. The Balaban J connectivity index is 1.84. The highest BCUT2D eigenvalue weighted by atomic mass is 16.6. The van der Waals surface area contributed by atoms with Gasteiger partial charge in [0.2, 0.25) is 0 Å². The van der Waals surface area contributed by atoms with Crippen LogP contribution in [0.25, 0.3) is 17.4 Å². The molecule has 0 aliphatic rings. The van der Waals surface area contributed by atoms with Crippen molar-refractivity contribution in [2.45, 2.75) is 13.8 Å². The molecule has 140 valence electrons. The Morgan fingerprint density at radius 2 is 1.93 bits per heavy atom. The van der Waals surface area contributed by atoms with E-state index in [1.807, 2.05) is 32.0 Å². The number of nitro groups is 1. The molecule has 2 aromatic heterocycles. The zero-order valence-electron chi connectivity index (χ0n) is 15.2. The number of carbonyl (C=O) groups is 1. The zero-order chi connectivity index (χ0) is 20.3. The molecule has 8 nitrogen and oxygen atoms in total. The average molecular weight is 376 g/mol. The van der Waals surface area contributed by atoms with Gasteiger partial charge >= 0.3 is 0 Å². The lowest BCUT2D eigenvalue weighted by Crippen LogP contribution is -2.25. The molecular formula is C20H16N4O4. The maximum atomic E-state index is 12.4. The molecule has 28 heavy (non-hydrogen) atoms. The van der Waals surface area contributed by atoms with Crippen molar-refractivity contribution in [3.8, 4) is 17.4 Å². The van der Waals surface area contributed by atoms with E-state index in [0.29, 0.717) is 11.3 Å². The molecule has 2 heterocycles. The number of nitriles is 1. The van der Waals surface area contributed by atoms with E-state index in [0.717, 1.165) is 11.4 Å². The molecule has 0 aliphatic carbocycles. The molecule has 0 bridgehead atoms. The normalized spacial score (nSPS) is 11.1. The van der Waals surface area contributed by atoms with E-state index in [9.17, 15) is 20.2 Å². The standard InChI is InChI=1S/C20H16N4O4/c1-13-6-7-14(2)23(13)22-20(25)16(12-21)11-18-8-9-19(28-18)15-4-3-5-17(10-15)24(26)27/h3-11H,1-2H3,(H,22,25)/b16-11-. The number of hydrogen-bond acceptors (Lipinski definition) is 5. The number of rotatable bonds is 5. The lowest BCUT2D eigenvalue weighted by molar-refractivity contribution is -0.384. The Hall–Kier alpha value is -4.12. The first-order valence-electron chi connectivity index (χ1n) is 8.32. The smallest absolute Gasteiger partial charge is 0.280 e. The first kappa shape index (κ1) is 18.7. The third kappa shape index (κ3) is 3.83. The summed E-state index contributed by atoms with van der Waals surface area (Å²) in [4.78, 5) is 22.8. The molecule has 0 radical (unpaired) electrons. The lowest BCUT2D eigenvalue weighted by Gasteiger charge is -2.10. The van der Waals surface area contributed by atoms with Crippen LogP contribution in [0.3, 0.4) is 0 Å². The third-order valence-electron chi connectivity index (χ3n) is 4.10. The van der Waals surface area contributed by atoms with Crippen LogP contribution < -0.4 is 5.43 Å². The highest BCUT2D eigenvalue weighted by Crippen LogP contribution is 2.26. The first-order chi connectivity index (χ1) is 13.4. The summed E-state index contributed by atoms with van der Waals surface area (Å²) in [6.45, 7) is 3.67. The molecule has 1 amide bonds. The molecule has 1 N–H and O–H groups in total. The van der Waals surface area contributed by atoms with Crippen molar-refractivity contribution in [1.82, 2.24) is 4.68 Å². The van der Waals surface area contributed by atoms with Gasteiger partial charge < -0.3 is 4.42 Å². The van der Waals surface area contributed by atoms with Crippen LogP contribution in [0.15, 0.2) is 58.5 Å². The number of hydrogen-bond donors (Lipinski definition) is 1. The van der Waals surface area contributed by atoms with Crippen LogP contribution in [-0.2, 0) is 4.79 Å². The van der Waals surface area contributed by atoms with Gasteiger partial charge in [-0.1, -0.05) is 12.1 Å². The van der Waals surface area contributed by atoms with Gasteiger partial charge in [0, 0.05) is 35.2 Å². The predicted molar refractivity (Wildman–Crippen MR) is 103 cm³/mol. The van der Waals surface area contributed by atoms with Crippen LogP contribution >= 0.6 is 0 Å². The van der Waals surface area contributed by atoms with Gasteiger partial charge in [-0.15, -0.1) is 0 Å². The first-order valence-corrected chi connectivity index (χ1v) is 8.32. The van der Waals surface area contributed by atoms with E-state index in [4.69, 9.17) is 4.42 Å². The van der Waals surface area contributed by atoms with Crippen molar-refractivity contribution in [1.29, 1.82) is 5.26 Å². The molecule has 8 heteroatoms. The predicted octanol–water partition coefficient (Wildman–Crippen LogP) is 3.95. The van der Waals surface area contributed by atoms with Crippen LogP contribution in [0.2, 0.25) is 0 Å². The van der Waals surface area contributed by atoms with Gasteiger partial charge in [-0.3, -0.25) is 25.0 Å². The Labute approximate surface area is 160 Å².